The second-order valence-electron chi connectivity index (χ2n) is 7.38. The van der Waals surface area contributed by atoms with Crippen molar-refractivity contribution in [3.8, 4) is 0 Å². The average molecular weight is 361 g/mol. The van der Waals surface area contributed by atoms with Gasteiger partial charge in [0, 0.05) is 25.7 Å². The van der Waals surface area contributed by atoms with E-state index in [4.69, 9.17) is 14.2 Å². The first-order chi connectivity index (χ1) is 11.9. The predicted molar refractivity (Wildman–Crippen MR) is 94.5 cm³/mol. The minimum atomic E-state index is -1.30. The fourth-order valence-corrected chi connectivity index (χ4v) is 2.49. The van der Waals surface area contributed by atoms with Gasteiger partial charge in [-0.2, -0.15) is 0 Å². The number of methoxy groups -OCH3 is 1. The van der Waals surface area contributed by atoms with Crippen LogP contribution in [0.15, 0.2) is 30.0 Å². The third-order valence-corrected chi connectivity index (χ3v) is 3.74. The van der Waals surface area contributed by atoms with Crippen LogP contribution in [0.2, 0.25) is 0 Å². The van der Waals surface area contributed by atoms with Gasteiger partial charge in [-0.15, -0.1) is 0 Å². The highest BCUT2D eigenvalue weighted by molar-refractivity contribution is 6.15. The average Bonchev–Trinajstić information content (AvgIpc) is 2.51. The van der Waals surface area contributed by atoms with E-state index < -0.39 is 23.7 Å². The van der Waals surface area contributed by atoms with Crippen molar-refractivity contribution in [1.82, 2.24) is 0 Å². The zero-order valence-electron chi connectivity index (χ0n) is 15.8. The number of cyclic esters (lactones) is 2. The second kappa shape index (κ2) is 6.82. The molecule has 0 unspecified atom stereocenters. The van der Waals surface area contributed by atoms with Crippen LogP contribution in [-0.2, 0) is 29.2 Å². The Balaban J connectivity index is 2.40. The molecule has 2 rings (SSSR count). The van der Waals surface area contributed by atoms with E-state index in [1.165, 1.54) is 27.2 Å². The lowest BCUT2D eigenvalue weighted by atomic mass is 9.85. The fraction of sp³-hybridized carbons (Fsp3) is 0.421. The largest absolute Gasteiger partial charge is 0.465 e. The number of esters is 3. The summed E-state index contributed by atoms with van der Waals surface area (Å²) < 4.78 is 14.9. The number of hydrogen-bond acceptors (Lipinski definition) is 7. The van der Waals surface area contributed by atoms with Gasteiger partial charge in [-0.3, -0.25) is 0 Å². The van der Waals surface area contributed by atoms with E-state index >= 15 is 0 Å². The molecule has 0 radical (unpaired) electrons. The van der Waals surface area contributed by atoms with Crippen LogP contribution in [0.25, 0.3) is 0 Å². The van der Waals surface area contributed by atoms with Gasteiger partial charge in [0.25, 0.3) is 5.79 Å². The molecule has 1 saturated heterocycles. The second-order valence-corrected chi connectivity index (χ2v) is 7.38. The van der Waals surface area contributed by atoms with Crippen LogP contribution in [0, 0.1) is 0 Å². The topological polar surface area (TPSA) is 90.9 Å². The van der Waals surface area contributed by atoms with E-state index in [0.717, 1.165) is 5.56 Å². The molecule has 140 valence electrons. The first kappa shape index (κ1) is 19.5. The summed E-state index contributed by atoms with van der Waals surface area (Å²) in [5.74, 6) is -3.34. The van der Waals surface area contributed by atoms with Gasteiger partial charge in [-0.1, -0.05) is 26.8 Å². The molecule has 1 fully saturated rings. The third kappa shape index (κ3) is 4.22. The summed E-state index contributed by atoms with van der Waals surface area (Å²) in [6.07, 6.45) is 1.23. The Hall–Kier alpha value is -2.83. The molecular weight excluding hydrogens is 338 g/mol. The molecule has 1 aliphatic rings. The molecule has 0 amide bonds. The Labute approximate surface area is 152 Å². The molecule has 7 heteroatoms. The van der Waals surface area contributed by atoms with Crippen LogP contribution < -0.4 is 5.32 Å². The van der Waals surface area contributed by atoms with Crippen LogP contribution >= 0.6 is 0 Å². The van der Waals surface area contributed by atoms with Crippen LogP contribution in [-0.4, -0.2) is 30.8 Å². The molecule has 1 heterocycles. The minimum Gasteiger partial charge on any atom is -0.465 e. The molecule has 7 nitrogen and oxygen atoms in total. The maximum atomic E-state index is 12.0. The maximum absolute atomic E-state index is 12.0. The number of carbonyl (C=O) groups excluding carboxylic acids is 3. The normalized spacial score (nSPS) is 16.5. The van der Waals surface area contributed by atoms with Crippen molar-refractivity contribution in [2.45, 2.75) is 45.8 Å². The SMILES string of the molecule is COC(=O)c1ccc(C(C)(C)C)c(NC=C2C(=O)OC(C)(C)OC2=O)c1. The lowest BCUT2D eigenvalue weighted by molar-refractivity contribution is -0.222. The summed E-state index contributed by atoms with van der Waals surface area (Å²) in [6.45, 7) is 8.97. The van der Waals surface area contributed by atoms with Crippen molar-refractivity contribution in [2.75, 3.05) is 12.4 Å². The van der Waals surface area contributed by atoms with Crippen LogP contribution in [0.5, 0.6) is 0 Å². The Morgan fingerprint density at radius 1 is 1.15 bits per heavy atom. The first-order valence-corrected chi connectivity index (χ1v) is 8.11. The molecule has 1 aromatic rings. The van der Waals surface area contributed by atoms with E-state index in [1.807, 2.05) is 20.8 Å². The molecule has 0 spiro atoms. The minimum absolute atomic E-state index is 0.245. The smallest absolute Gasteiger partial charge is 0.350 e. The summed E-state index contributed by atoms with van der Waals surface area (Å²) in [5, 5.41) is 2.93. The van der Waals surface area contributed by atoms with Crippen LogP contribution in [0.4, 0.5) is 5.69 Å². The van der Waals surface area contributed by atoms with Crippen LogP contribution in [0.1, 0.15) is 50.5 Å². The lowest BCUT2D eigenvalue weighted by Crippen LogP contribution is -2.42. The Morgan fingerprint density at radius 3 is 2.23 bits per heavy atom. The van der Waals surface area contributed by atoms with Crippen molar-refractivity contribution < 1.29 is 28.6 Å². The number of benzene rings is 1. The molecule has 1 N–H and O–H groups in total. The van der Waals surface area contributed by atoms with Gasteiger partial charge in [-0.25, -0.2) is 14.4 Å². The molecule has 0 atom stereocenters. The standard InChI is InChI=1S/C19H23NO6/c1-18(2,3)13-8-7-11(15(21)24-6)9-14(13)20-10-12-16(22)25-19(4,5)26-17(12)23/h7-10,20H,1-6H3. The van der Waals surface area contributed by atoms with E-state index in [-0.39, 0.29) is 11.0 Å². The van der Waals surface area contributed by atoms with Gasteiger partial charge in [0.05, 0.1) is 12.7 Å². The van der Waals surface area contributed by atoms with Crippen molar-refractivity contribution in [3.05, 3.63) is 41.1 Å². The molecule has 1 aliphatic heterocycles. The lowest BCUT2D eigenvalue weighted by Gasteiger charge is -2.30. The summed E-state index contributed by atoms with van der Waals surface area (Å²) in [4.78, 5) is 35.9. The number of rotatable bonds is 3. The van der Waals surface area contributed by atoms with Gasteiger partial charge < -0.3 is 19.5 Å². The van der Waals surface area contributed by atoms with Crippen molar-refractivity contribution in [2.24, 2.45) is 0 Å². The van der Waals surface area contributed by atoms with Gasteiger partial charge in [0.15, 0.2) is 5.57 Å². The third-order valence-electron chi connectivity index (χ3n) is 3.74. The van der Waals surface area contributed by atoms with Crippen molar-refractivity contribution in [3.63, 3.8) is 0 Å². The highest BCUT2D eigenvalue weighted by atomic mass is 16.7. The Kier molecular flexibility index (Phi) is 5.11. The molecule has 0 saturated carbocycles. The highest BCUT2D eigenvalue weighted by Crippen LogP contribution is 2.31. The quantitative estimate of drug-likeness (QED) is 0.503. The van der Waals surface area contributed by atoms with E-state index in [0.29, 0.717) is 11.3 Å². The maximum Gasteiger partial charge on any atom is 0.350 e. The van der Waals surface area contributed by atoms with E-state index in [9.17, 15) is 14.4 Å². The van der Waals surface area contributed by atoms with E-state index in [2.05, 4.69) is 5.32 Å². The summed E-state index contributed by atoms with van der Waals surface area (Å²) in [5.41, 5.74) is 1.30. The first-order valence-electron chi connectivity index (χ1n) is 8.11. The number of nitrogens with one attached hydrogen (secondary N) is 1. The summed E-state index contributed by atoms with van der Waals surface area (Å²) in [7, 11) is 1.30. The predicted octanol–water partition coefficient (Wildman–Crippen LogP) is 2.90. The fourth-order valence-electron chi connectivity index (χ4n) is 2.49. The number of ether oxygens (including phenoxy) is 3. The molecule has 0 aromatic heterocycles. The van der Waals surface area contributed by atoms with Crippen molar-refractivity contribution >= 4 is 23.6 Å². The molecular formula is C19H23NO6. The number of carbonyl (C=O) groups is 3. The summed E-state index contributed by atoms with van der Waals surface area (Å²) in [6, 6.07) is 5.07. The van der Waals surface area contributed by atoms with E-state index in [1.54, 1.807) is 18.2 Å². The summed E-state index contributed by atoms with van der Waals surface area (Å²) >= 11 is 0. The molecule has 1 aromatic carbocycles. The zero-order valence-corrected chi connectivity index (χ0v) is 15.8. The van der Waals surface area contributed by atoms with Gasteiger partial charge >= 0.3 is 17.9 Å². The monoisotopic (exact) mass is 361 g/mol. The highest BCUT2D eigenvalue weighted by Gasteiger charge is 2.39. The van der Waals surface area contributed by atoms with Crippen LogP contribution in [0.3, 0.4) is 0 Å². The Morgan fingerprint density at radius 2 is 1.73 bits per heavy atom. The van der Waals surface area contributed by atoms with Gasteiger partial charge in [0.2, 0.25) is 0 Å². The zero-order chi connectivity index (χ0) is 19.7. The van der Waals surface area contributed by atoms with Gasteiger partial charge in [-0.05, 0) is 23.1 Å². The van der Waals surface area contributed by atoms with Crippen molar-refractivity contribution in [1.29, 1.82) is 0 Å². The number of hydrogen-bond donors (Lipinski definition) is 1. The molecule has 0 bridgehead atoms. The Bertz CT molecular complexity index is 764. The molecule has 26 heavy (non-hydrogen) atoms. The molecule has 0 aliphatic carbocycles. The number of anilines is 1. The van der Waals surface area contributed by atoms with Gasteiger partial charge in [0.1, 0.15) is 0 Å².